The average Bonchev–Trinajstić information content (AvgIpc) is 2.00. The molecule has 0 aromatic carbocycles. The molecule has 0 unspecified atom stereocenters. The van der Waals surface area contributed by atoms with Crippen LogP contribution in [-0.2, 0) is 22.1 Å². The van der Waals surface area contributed by atoms with Crippen molar-refractivity contribution in [2.45, 2.75) is 6.61 Å². The Morgan fingerprint density at radius 3 is 2.40 bits per heavy atom. The molecule has 1 heterocycles. The number of methoxy groups -OCH3 is 1. The summed E-state index contributed by atoms with van der Waals surface area (Å²) in [5.41, 5.74) is 0.474. The second-order valence-corrected chi connectivity index (χ2v) is 4.68. The van der Waals surface area contributed by atoms with Gasteiger partial charge in [0.25, 0.3) is 5.56 Å². The molecule has 0 radical (unpaired) electrons. The molecule has 7 heteroatoms. The number of aromatic nitrogens is 2. The van der Waals surface area contributed by atoms with Crippen LogP contribution in [0.15, 0.2) is 10.9 Å². The third kappa shape index (κ3) is 8.22. The zero-order chi connectivity index (χ0) is 11.8. The van der Waals surface area contributed by atoms with Crippen molar-refractivity contribution in [3.63, 3.8) is 0 Å². The van der Waals surface area contributed by atoms with Crippen molar-refractivity contribution in [1.29, 1.82) is 0 Å². The summed E-state index contributed by atoms with van der Waals surface area (Å²) in [5.74, 6) is 0. The Morgan fingerprint density at radius 2 is 2.00 bits per heavy atom. The van der Waals surface area contributed by atoms with E-state index >= 15 is 0 Å². The molecule has 0 amide bonds. The summed E-state index contributed by atoms with van der Waals surface area (Å²) in [5, 5.41) is 0. The van der Waals surface area contributed by atoms with E-state index in [1.807, 2.05) is 0 Å². The molecule has 2 N–H and O–H groups in total. The minimum atomic E-state index is -0.611. The van der Waals surface area contributed by atoms with Gasteiger partial charge >= 0.3 is 0 Å². The lowest BCUT2D eigenvalue weighted by molar-refractivity contribution is 0.181. The molecule has 0 spiro atoms. The van der Waals surface area contributed by atoms with Crippen molar-refractivity contribution in [3.05, 3.63) is 26.9 Å². The van der Waals surface area contributed by atoms with E-state index in [1.54, 1.807) is 19.6 Å². The molecule has 0 saturated heterocycles. The molecular weight excluding hydrogens is 236 g/mol. The van der Waals surface area contributed by atoms with Crippen LogP contribution in [0.1, 0.15) is 5.69 Å². The molecule has 0 aliphatic carbocycles. The van der Waals surface area contributed by atoms with Gasteiger partial charge in [-0.05, 0) is 12.2 Å². The number of H-pyrrole nitrogens is 2. The van der Waals surface area contributed by atoms with E-state index in [2.05, 4.69) is 9.97 Å². The average molecular weight is 250 g/mol. The highest BCUT2D eigenvalue weighted by atomic mass is 32.2. The van der Waals surface area contributed by atoms with E-state index in [0.717, 1.165) is 0 Å². The van der Waals surface area contributed by atoms with Gasteiger partial charge in [-0.2, -0.15) is 0 Å². The number of nitrogens with one attached hydrogen (secondary N) is 2. The lowest BCUT2D eigenvalue weighted by Crippen LogP contribution is -2.08. The summed E-state index contributed by atoms with van der Waals surface area (Å²) in [6.07, 6.45) is 3.28. The van der Waals surface area contributed by atoms with E-state index in [0.29, 0.717) is 17.1 Å². The zero-order valence-corrected chi connectivity index (χ0v) is 10.5. The molecular formula is C8H14N2O3S2. The van der Waals surface area contributed by atoms with Gasteiger partial charge in [-0.15, -0.1) is 0 Å². The zero-order valence-electron chi connectivity index (χ0n) is 8.83. The van der Waals surface area contributed by atoms with Crippen molar-refractivity contribution in [1.82, 2.24) is 9.97 Å². The quantitative estimate of drug-likeness (QED) is 0.753. The van der Waals surface area contributed by atoms with Crippen LogP contribution in [0.2, 0.25) is 0 Å². The number of rotatable bonds is 2. The van der Waals surface area contributed by atoms with Gasteiger partial charge in [0.2, 0.25) is 0 Å². The highest BCUT2D eigenvalue weighted by molar-refractivity contribution is 7.83. The van der Waals surface area contributed by atoms with Crippen LogP contribution in [0.5, 0.6) is 0 Å². The van der Waals surface area contributed by atoms with E-state index in [1.165, 1.54) is 6.07 Å². The Hall–Kier alpha value is -0.790. The summed E-state index contributed by atoms with van der Waals surface area (Å²) in [6, 6.07) is 1.42. The number of hydrogen-bond acceptors (Lipinski definition) is 4. The highest BCUT2D eigenvalue weighted by Crippen LogP contribution is 1.89. The second-order valence-electron chi connectivity index (χ2n) is 2.79. The predicted molar refractivity (Wildman–Crippen MR) is 63.0 cm³/mol. The van der Waals surface area contributed by atoms with E-state index < -0.39 is 10.8 Å². The number of ether oxygens (including phenoxy) is 1. The normalized spacial score (nSPS) is 9.60. The molecule has 0 bridgehead atoms. The van der Waals surface area contributed by atoms with Gasteiger partial charge < -0.3 is 9.72 Å². The topological polar surface area (TPSA) is 75.0 Å². The standard InChI is InChI=1S/C6H8N2O2S.C2H6OS/c1-10-3-4-2-5(9)8-6(11)7-4;1-4(2)3/h2H,3H2,1H3,(H2,7,8,9,11);1-2H3. The molecule has 5 nitrogen and oxygen atoms in total. The fraction of sp³-hybridized carbons (Fsp3) is 0.500. The lowest BCUT2D eigenvalue weighted by Gasteiger charge is -1.96. The fourth-order valence-corrected chi connectivity index (χ4v) is 0.984. The Balaban J connectivity index is 0.000000423. The van der Waals surface area contributed by atoms with Crippen molar-refractivity contribution < 1.29 is 8.95 Å². The van der Waals surface area contributed by atoms with Crippen LogP contribution >= 0.6 is 12.2 Å². The molecule has 0 saturated carbocycles. The van der Waals surface area contributed by atoms with Crippen molar-refractivity contribution in [2.75, 3.05) is 19.6 Å². The van der Waals surface area contributed by atoms with Crippen LogP contribution in [0.4, 0.5) is 0 Å². The predicted octanol–water partition coefficient (Wildman–Crippen LogP) is 0.574. The lowest BCUT2D eigenvalue weighted by atomic mass is 10.4. The molecule has 1 aromatic heterocycles. The maximum Gasteiger partial charge on any atom is 0.251 e. The number of aromatic amines is 2. The Morgan fingerprint density at radius 1 is 1.47 bits per heavy atom. The van der Waals surface area contributed by atoms with E-state index in [-0.39, 0.29) is 5.56 Å². The molecule has 1 rings (SSSR count). The summed E-state index contributed by atoms with van der Waals surface area (Å²) in [4.78, 5) is 16.0. The molecule has 0 fully saturated rings. The van der Waals surface area contributed by atoms with Crippen molar-refractivity contribution in [2.24, 2.45) is 0 Å². The summed E-state index contributed by atoms with van der Waals surface area (Å²) in [7, 11) is 0.943. The minimum absolute atomic E-state index is 0.208. The van der Waals surface area contributed by atoms with E-state index in [4.69, 9.17) is 17.0 Å². The van der Waals surface area contributed by atoms with Gasteiger partial charge in [-0.25, -0.2) is 0 Å². The first-order chi connectivity index (χ1) is 6.95. The molecule has 0 atom stereocenters. The summed E-state index contributed by atoms with van der Waals surface area (Å²) >= 11 is 4.73. The smallest absolute Gasteiger partial charge is 0.251 e. The van der Waals surface area contributed by atoms with Gasteiger partial charge in [0.15, 0.2) is 4.77 Å². The molecule has 0 aliphatic rings. The monoisotopic (exact) mass is 250 g/mol. The first-order valence-corrected chi connectivity index (χ1v) is 6.39. The van der Waals surface area contributed by atoms with Gasteiger partial charge in [-0.1, -0.05) is 0 Å². The summed E-state index contributed by atoms with van der Waals surface area (Å²) in [6.45, 7) is 0.369. The maximum atomic E-state index is 10.8. The molecule has 1 aromatic rings. The third-order valence-electron chi connectivity index (χ3n) is 1.12. The first kappa shape index (κ1) is 14.2. The van der Waals surface area contributed by atoms with E-state index in [9.17, 15) is 9.00 Å². The Labute approximate surface area is 95.3 Å². The Kier molecular flexibility index (Phi) is 7.10. The van der Waals surface area contributed by atoms with Crippen LogP contribution < -0.4 is 5.56 Å². The van der Waals surface area contributed by atoms with Gasteiger partial charge in [0.05, 0.1) is 6.61 Å². The largest absolute Gasteiger partial charge is 0.378 e. The minimum Gasteiger partial charge on any atom is -0.378 e. The Bertz CT molecular complexity index is 392. The number of hydrogen-bond donors (Lipinski definition) is 2. The van der Waals surface area contributed by atoms with Crippen LogP contribution in [0.3, 0.4) is 0 Å². The van der Waals surface area contributed by atoms with Crippen molar-refractivity contribution in [3.8, 4) is 0 Å². The SMILES string of the molecule is COCc1cc(=O)[nH]c(=S)[nH]1.CS(C)=O. The fourth-order valence-electron chi connectivity index (χ4n) is 0.753. The van der Waals surface area contributed by atoms with Crippen LogP contribution in [-0.4, -0.2) is 33.8 Å². The molecule has 86 valence electrons. The van der Waals surface area contributed by atoms with Gasteiger partial charge in [0.1, 0.15) is 0 Å². The van der Waals surface area contributed by atoms with Crippen LogP contribution in [0.25, 0.3) is 0 Å². The van der Waals surface area contributed by atoms with Gasteiger partial charge in [-0.3, -0.25) is 14.0 Å². The highest BCUT2D eigenvalue weighted by Gasteiger charge is 1.92. The van der Waals surface area contributed by atoms with Crippen molar-refractivity contribution >= 4 is 23.0 Å². The maximum absolute atomic E-state index is 10.8. The molecule has 0 aliphatic heterocycles. The third-order valence-corrected chi connectivity index (χ3v) is 1.32. The summed E-state index contributed by atoms with van der Waals surface area (Å²) < 4.78 is 14.7. The second kappa shape index (κ2) is 7.49. The first-order valence-electron chi connectivity index (χ1n) is 4.02. The molecule has 15 heavy (non-hydrogen) atoms. The van der Waals surface area contributed by atoms with Gasteiger partial charge in [0, 0.05) is 42.2 Å². The van der Waals surface area contributed by atoms with Crippen LogP contribution in [0, 0.1) is 4.77 Å².